The van der Waals surface area contributed by atoms with Gasteiger partial charge in [0.1, 0.15) is 5.69 Å². The number of amides is 1. The van der Waals surface area contributed by atoms with Crippen LogP contribution in [0.1, 0.15) is 21.6 Å². The Bertz CT molecular complexity index is 927. The van der Waals surface area contributed by atoms with Crippen molar-refractivity contribution in [1.29, 1.82) is 0 Å². The quantitative estimate of drug-likeness (QED) is 0.661. The number of para-hydroxylation sites is 1. The van der Waals surface area contributed by atoms with Gasteiger partial charge in [0.2, 0.25) is 5.95 Å². The van der Waals surface area contributed by atoms with Gasteiger partial charge in [-0.1, -0.05) is 40.2 Å². The van der Waals surface area contributed by atoms with E-state index >= 15 is 0 Å². The molecular formula is C19H17BrN4O. The molecule has 0 aliphatic rings. The van der Waals surface area contributed by atoms with E-state index in [2.05, 4.69) is 36.5 Å². The summed E-state index contributed by atoms with van der Waals surface area (Å²) in [5.74, 6) is 0.0954. The molecule has 0 aliphatic carbocycles. The highest BCUT2D eigenvalue weighted by Gasteiger charge is 2.10. The summed E-state index contributed by atoms with van der Waals surface area (Å²) in [5, 5.41) is 5.98. The SMILES string of the molecule is Cc1ccc(NC(=O)c2ccnc(Nc3ccccc3C)n2)cc1Br. The monoisotopic (exact) mass is 396 g/mol. The molecule has 3 rings (SSSR count). The minimum atomic E-state index is -0.286. The fourth-order valence-corrected chi connectivity index (χ4v) is 2.62. The van der Waals surface area contributed by atoms with Crippen molar-refractivity contribution in [3.8, 4) is 0 Å². The average molecular weight is 397 g/mol. The Labute approximate surface area is 154 Å². The molecule has 25 heavy (non-hydrogen) atoms. The fourth-order valence-electron chi connectivity index (χ4n) is 2.24. The Morgan fingerprint density at radius 3 is 2.60 bits per heavy atom. The van der Waals surface area contributed by atoms with Crippen LogP contribution in [0.4, 0.5) is 17.3 Å². The number of nitrogens with zero attached hydrogens (tertiary/aromatic N) is 2. The maximum atomic E-state index is 12.4. The summed E-state index contributed by atoms with van der Waals surface area (Å²) in [6.45, 7) is 3.98. The smallest absolute Gasteiger partial charge is 0.274 e. The second-order valence-corrected chi connectivity index (χ2v) is 6.48. The number of halogens is 1. The summed E-state index contributed by atoms with van der Waals surface area (Å²) in [6.07, 6.45) is 1.56. The first-order valence-electron chi connectivity index (χ1n) is 7.76. The van der Waals surface area contributed by atoms with Crippen LogP contribution in [0.3, 0.4) is 0 Å². The van der Waals surface area contributed by atoms with Crippen LogP contribution >= 0.6 is 15.9 Å². The number of benzene rings is 2. The van der Waals surface area contributed by atoms with E-state index in [1.807, 2.05) is 56.3 Å². The molecule has 1 aromatic heterocycles. The van der Waals surface area contributed by atoms with Crippen molar-refractivity contribution in [2.24, 2.45) is 0 Å². The topological polar surface area (TPSA) is 66.9 Å². The number of nitrogens with one attached hydrogen (secondary N) is 2. The Morgan fingerprint density at radius 1 is 1.04 bits per heavy atom. The second-order valence-electron chi connectivity index (χ2n) is 5.62. The molecular weight excluding hydrogens is 380 g/mol. The van der Waals surface area contributed by atoms with Gasteiger partial charge < -0.3 is 10.6 Å². The molecule has 0 fully saturated rings. The molecule has 5 nitrogen and oxygen atoms in total. The first-order chi connectivity index (χ1) is 12.0. The number of hydrogen-bond donors (Lipinski definition) is 2. The molecule has 3 aromatic rings. The van der Waals surface area contributed by atoms with Gasteiger partial charge in [-0.25, -0.2) is 9.97 Å². The van der Waals surface area contributed by atoms with Gasteiger partial charge in [0.25, 0.3) is 5.91 Å². The van der Waals surface area contributed by atoms with Crippen LogP contribution in [0, 0.1) is 13.8 Å². The number of carbonyl (C=O) groups excluding carboxylic acids is 1. The lowest BCUT2D eigenvalue weighted by atomic mass is 10.2. The number of hydrogen-bond acceptors (Lipinski definition) is 4. The van der Waals surface area contributed by atoms with Gasteiger partial charge >= 0.3 is 0 Å². The molecule has 0 unspecified atom stereocenters. The molecule has 0 radical (unpaired) electrons. The first kappa shape index (κ1) is 17.1. The van der Waals surface area contributed by atoms with Crippen LogP contribution in [0.15, 0.2) is 59.2 Å². The largest absolute Gasteiger partial charge is 0.324 e. The number of carbonyl (C=O) groups is 1. The zero-order valence-electron chi connectivity index (χ0n) is 13.9. The average Bonchev–Trinajstić information content (AvgIpc) is 2.60. The van der Waals surface area contributed by atoms with Gasteiger partial charge in [0.05, 0.1) is 0 Å². The lowest BCUT2D eigenvalue weighted by Crippen LogP contribution is -2.15. The Balaban J connectivity index is 1.77. The van der Waals surface area contributed by atoms with Crippen molar-refractivity contribution >= 4 is 39.2 Å². The number of aromatic nitrogens is 2. The molecule has 0 atom stereocenters. The minimum Gasteiger partial charge on any atom is -0.324 e. The standard InChI is InChI=1S/C19H17BrN4O/c1-12-7-8-14(11-15(12)20)22-18(25)17-9-10-21-19(24-17)23-16-6-4-3-5-13(16)2/h3-11H,1-2H3,(H,22,25)(H,21,23,24). The summed E-state index contributed by atoms with van der Waals surface area (Å²) in [4.78, 5) is 20.9. The van der Waals surface area contributed by atoms with Crippen molar-refractivity contribution in [3.05, 3.63) is 76.0 Å². The lowest BCUT2D eigenvalue weighted by molar-refractivity contribution is 0.102. The van der Waals surface area contributed by atoms with Gasteiger partial charge in [-0.05, 0) is 49.2 Å². The van der Waals surface area contributed by atoms with Gasteiger partial charge in [0.15, 0.2) is 0 Å². The van der Waals surface area contributed by atoms with Crippen LogP contribution in [-0.2, 0) is 0 Å². The van der Waals surface area contributed by atoms with Crippen molar-refractivity contribution < 1.29 is 4.79 Å². The predicted octanol–water partition coefficient (Wildman–Crippen LogP) is 4.85. The van der Waals surface area contributed by atoms with Crippen molar-refractivity contribution in [2.75, 3.05) is 10.6 Å². The maximum Gasteiger partial charge on any atom is 0.274 e. The molecule has 126 valence electrons. The molecule has 2 N–H and O–H groups in total. The molecule has 0 saturated carbocycles. The van der Waals surface area contributed by atoms with Gasteiger partial charge in [0, 0.05) is 22.0 Å². The van der Waals surface area contributed by atoms with E-state index in [-0.39, 0.29) is 5.91 Å². The van der Waals surface area contributed by atoms with E-state index in [1.54, 1.807) is 12.3 Å². The summed E-state index contributed by atoms with van der Waals surface area (Å²) in [6, 6.07) is 15.1. The Morgan fingerprint density at radius 2 is 1.84 bits per heavy atom. The van der Waals surface area contributed by atoms with E-state index in [1.165, 1.54) is 0 Å². The Hall–Kier alpha value is -2.73. The van der Waals surface area contributed by atoms with Crippen LogP contribution < -0.4 is 10.6 Å². The zero-order chi connectivity index (χ0) is 17.8. The molecule has 0 aliphatic heterocycles. The van der Waals surface area contributed by atoms with Gasteiger partial charge in [-0.3, -0.25) is 4.79 Å². The number of anilines is 3. The first-order valence-corrected chi connectivity index (χ1v) is 8.55. The van der Waals surface area contributed by atoms with Gasteiger partial charge in [-0.2, -0.15) is 0 Å². The van der Waals surface area contributed by atoms with Crippen molar-refractivity contribution in [3.63, 3.8) is 0 Å². The number of aryl methyl sites for hydroxylation is 2. The molecule has 6 heteroatoms. The normalized spacial score (nSPS) is 10.4. The van der Waals surface area contributed by atoms with Crippen LogP contribution in [0.5, 0.6) is 0 Å². The molecule has 0 saturated heterocycles. The third kappa shape index (κ3) is 4.22. The van der Waals surface area contributed by atoms with Crippen LogP contribution in [-0.4, -0.2) is 15.9 Å². The van der Waals surface area contributed by atoms with Crippen LogP contribution in [0.2, 0.25) is 0 Å². The van der Waals surface area contributed by atoms with Gasteiger partial charge in [-0.15, -0.1) is 0 Å². The summed E-state index contributed by atoms with van der Waals surface area (Å²) < 4.78 is 0.940. The van der Waals surface area contributed by atoms with Crippen LogP contribution in [0.25, 0.3) is 0 Å². The summed E-state index contributed by atoms with van der Waals surface area (Å²) in [5.41, 5.74) is 4.08. The van der Waals surface area contributed by atoms with E-state index < -0.39 is 0 Å². The highest BCUT2D eigenvalue weighted by molar-refractivity contribution is 9.10. The molecule has 1 heterocycles. The minimum absolute atomic E-state index is 0.286. The van der Waals surface area contributed by atoms with Crippen molar-refractivity contribution in [1.82, 2.24) is 9.97 Å². The third-order valence-corrected chi connectivity index (χ3v) is 4.56. The molecule has 2 aromatic carbocycles. The van der Waals surface area contributed by atoms with E-state index in [0.29, 0.717) is 17.3 Å². The molecule has 1 amide bonds. The maximum absolute atomic E-state index is 12.4. The lowest BCUT2D eigenvalue weighted by Gasteiger charge is -2.09. The fraction of sp³-hybridized carbons (Fsp3) is 0.105. The van der Waals surface area contributed by atoms with E-state index in [4.69, 9.17) is 0 Å². The van der Waals surface area contributed by atoms with E-state index in [9.17, 15) is 4.79 Å². The predicted molar refractivity (Wildman–Crippen MR) is 103 cm³/mol. The number of rotatable bonds is 4. The zero-order valence-corrected chi connectivity index (χ0v) is 15.5. The van der Waals surface area contributed by atoms with E-state index in [0.717, 1.165) is 21.3 Å². The summed E-state index contributed by atoms with van der Waals surface area (Å²) >= 11 is 3.46. The highest BCUT2D eigenvalue weighted by Crippen LogP contribution is 2.21. The van der Waals surface area contributed by atoms with Crippen molar-refractivity contribution in [2.45, 2.75) is 13.8 Å². The molecule has 0 spiro atoms. The molecule has 0 bridgehead atoms. The second kappa shape index (κ2) is 7.44. The third-order valence-electron chi connectivity index (χ3n) is 3.71. The Kier molecular flexibility index (Phi) is 5.09. The highest BCUT2D eigenvalue weighted by atomic mass is 79.9. The summed E-state index contributed by atoms with van der Waals surface area (Å²) in [7, 11) is 0.